The van der Waals surface area contributed by atoms with Gasteiger partial charge < -0.3 is 25.0 Å². The highest BCUT2D eigenvalue weighted by atomic mass is 19.1. The maximum atomic E-state index is 13.9. The lowest BCUT2D eigenvalue weighted by Gasteiger charge is -2.42. The van der Waals surface area contributed by atoms with Crippen LogP contribution in [0.4, 0.5) is 10.1 Å². The molecule has 2 heterocycles. The molecule has 2 N–H and O–H groups in total. The van der Waals surface area contributed by atoms with Crippen LogP contribution in [0.3, 0.4) is 0 Å². The van der Waals surface area contributed by atoms with E-state index in [0.29, 0.717) is 29.8 Å². The summed E-state index contributed by atoms with van der Waals surface area (Å²) < 4.78 is 25.9. The molecule has 1 saturated heterocycles. The highest BCUT2D eigenvalue weighted by molar-refractivity contribution is 6.05. The summed E-state index contributed by atoms with van der Waals surface area (Å²) in [5.41, 5.74) is 0.572. The lowest BCUT2D eigenvalue weighted by molar-refractivity contribution is -0.133. The quantitative estimate of drug-likeness (QED) is 0.739. The number of ether oxygens (including phenoxy) is 2. The van der Waals surface area contributed by atoms with Crippen LogP contribution in [0.1, 0.15) is 40.0 Å². The largest absolute Gasteiger partial charge is 0.490 e. The summed E-state index contributed by atoms with van der Waals surface area (Å²) in [6.45, 7) is 0.223. The van der Waals surface area contributed by atoms with Gasteiger partial charge in [-0.1, -0.05) is 12.1 Å². The smallest absolute Gasteiger partial charge is 0.258 e. The van der Waals surface area contributed by atoms with E-state index in [2.05, 4.69) is 10.6 Å². The Morgan fingerprint density at radius 2 is 1.97 bits per heavy atom. The van der Waals surface area contributed by atoms with E-state index < -0.39 is 11.7 Å². The normalized spacial score (nSPS) is 22.2. The van der Waals surface area contributed by atoms with Gasteiger partial charge in [0.25, 0.3) is 11.8 Å². The van der Waals surface area contributed by atoms with E-state index >= 15 is 0 Å². The molecule has 2 aliphatic rings. The first-order valence-electron chi connectivity index (χ1n) is 10.8. The fraction of sp³-hybridized carbons (Fsp3) is 0.375. The number of amides is 3. The number of anilines is 1. The molecule has 33 heavy (non-hydrogen) atoms. The minimum absolute atomic E-state index is 0.0857. The average molecular weight is 455 g/mol. The van der Waals surface area contributed by atoms with Gasteiger partial charge in [0.2, 0.25) is 5.91 Å². The van der Waals surface area contributed by atoms with Gasteiger partial charge in [-0.05, 0) is 43.2 Å². The number of benzene rings is 2. The second-order valence-electron chi connectivity index (χ2n) is 8.19. The van der Waals surface area contributed by atoms with Crippen molar-refractivity contribution in [3.63, 3.8) is 0 Å². The van der Waals surface area contributed by atoms with Crippen molar-refractivity contribution in [2.24, 2.45) is 0 Å². The third kappa shape index (κ3) is 4.83. The van der Waals surface area contributed by atoms with E-state index in [1.807, 2.05) is 0 Å². The Morgan fingerprint density at radius 1 is 1.18 bits per heavy atom. The molecule has 0 saturated carbocycles. The van der Waals surface area contributed by atoms with Gasteiger partial charge >= 0.3 is 0 Å². The van der Waals surface area contributed by atoms with Crippen molar-refractivity contribution in [2.75, 3.05) is 26.0 Å². The molecule has 0 aromatic heterocycles. The molecule has 3 amide bonds. The second kappa shape index (κ2) is 9.58. The van der Waals surface area contributed by atoms with Crippen LogP contribution in [0.5, 0.6) is 5.75 Å². The highest BCUT2D eigenvalue weighted by Gasteiger charge is 2.39. The molecule has 8 nitrogen and oxygen atoms in total. The minimum Gasteiger partial charge on any atom is -0.490 e. The van der Waals surface area contributed by atoms with Crippen molar-refractivity contribution >= 4 is 23.4 Å². The SMILES string of the molecule is CNC(=O)C[C@@H]1CC[C@@H]2[C@H](COc3ccc(NC(=O)c4ccccc4F)cc3C(=O)N2C)O1. The van der Waals surface area contributed by atoms with E-state index in [1.165, 1.54) is 24.3 Å². The summed E-state index contributed by atoms with van der Waals surface area (Å²) >= 11 is 0. The fourth-order valence-corrected chi connectivity index (χ4v) is 4.26. The first-order valence-corrected chi connectivity index (χ1v) is 10.8. The molecule has 1 fully saturated rings. The van der Waals surface area contributed by atoms with E-state index in [0.717, 1.165) is 0 Å². The van der Waals surface area contributed by atoms with Gasteiger partial charge in [0.15, 0.2) is 0 Å². The number of carbonyl (C=O) groups is 3. The Bertz CT molecular complexity index is 1080. The molecule has 174 valence electrons. The maximum absolute atomic E-state index is 13.9. The van der Waals surface area contributed by atoms with Crippen molar-refractivity contribution in [3.8, 4) is 5.75 Å². The molecular weight excluding hydrogens is 429 g/mol. The predicted molar refractivity (Wildman–Crippen MR) is 119 cm³/mol. The summed E-state index contributed by atoms with van der Waals surface area (Å²) in [5.74, 6) is -1.23. The van der Waals surface area contributed by atoms with Crippen LogP contribution < -0.4 is 15.4 Å². The van der Waals surface area contributed by atoms with Gasteiger partial charge in [-0.25, -0.2) is 4.39 Å². The van der Waals surface area contributed by atoms with E-state index in [9.17, 15) is 18.8 Å². The van der Waals surface area contributed by atoms with Crippen molar-refractivity contribution in [1.82, 2.24) is 10.2 Å². The van der Waals surface area contributed by atoms with Crippen LogP contribution in [-0.2, 0) is 9.53 Å². The Morgan fingerprint density at radius 3 is 2.73 bits per heavy atom. The van der Waals surface area contributed by atoms with E-state index in [-0.39, 0.29) is 48.7 Å². The summed E-state index contributed by atoms with van der Waals surface area (Å²) in [6, 6.07) is 10.2. The molecule has 2 aromatic carbocycles. The molecule has 0 spiro atoms. The third-order valence-corrected chi connectivity index (χ3v) is 6.08. The Kier molecular flexibility index (Phi) is 6.60. The van der Waals surface area contributed by atoms with Crippen LogP contribution in [-0.4, -0.2) is 61.6 Å². The highest BCUT2D eigenvalue weighted by Crippen LogP contribution is 2.32. The first kappa shape index (κ1) is 22.7. The molecule has 0 radical (unpaired) electrons. The van der Waals surface area contributed by atoms with Crippen LogP contribution in [0.2, 0.25) is 0 Å². The predicted octanol–water partition coefficient (Wildman–Crippen LogP) is 2.59. The summed E-state index contributed by atoms with van der Waals surface area (Å²) in [5, 5.41) is 5.24. The molecule has 4 rings (SSSR count). The number of fused-ring (bicyclic) bond motifs is 2. The van der Waals surface area contributed by atoms with E-state index in [1.54, 1.807) is 37.2 Å². The maximum Gasteiger partial charge on any atom is 0.258 e. The number of hydrogen-bond donors (Lipinski definition) is 2. The molecule has 0 bridgehead atoms. The van der Waals surface area contributed by atoms with Crippen LogP contribution >= 0.6 is 0 Å². The Labute approximate surface area is 191 Å². The van der Waals surface area contributed by atoms with Crippen LogP contribution in [0, 0.1) is 5.82 Å². The molecule has 0 aliphatic carbocycles. The second-order valence-corrected chi connectivity index (χ2v) is 8.19. The van der Waals surface area contributed by atoms with Crippen molar-refractivity contribution in [2.45, 2.75) is 37.5 Å². The number of rotatable bonds is 4. The average Bonchev–Trinajstić information content (AvgIpc) is 2.82. The molecule has 3 atom stereocenters. The van der Waals surface area contributed by atoms with Crippen LogP contribution in [0.15, 0.2) is 42.5 Å². The molecule has 2 aromatic rings. The monoisotopic (exact) mass is 455 g/mol. The van der Waals surface area contributed by atoms with Crippen molar-refractivity contribution in [3.05, 3.63) is 59.4 Å². The van der Waals surface area contributed by atoms with Gasteiger partial charge in [-0.15, -0.1) is 0 Å². The topological polar surface area (TPSA) is 97.0 Å². The lowest BCUT2D eigenvalue weighted by atomic mass is 9.94. The Hall–Kier alpha value is -3.46. The third-order valence-electron chi connectivity index (χ3n) is 6.08. The van der Waals surface area contributed by atoms with Crippen molar-refractivity contribution < 1.29 is 28.2 Å². The Balaban J connectivity index is 1.52. The molecular formula is C24H26FN3O5. The zero-order chi connectivity index (χ0) is 23.5. The molecule has 2 aliphatic heterocycles. The summed E-state index contributed by atoms with van der Waals surface area (Å²) in [7, 11) is 3.30. The fourth-order valence-electron chi connectivity index (χ4n) is 4.26. The van der Waals surface area contributed by atoms with Gasteiger partial charge in [0.1, 0.15) is 24.3 Å². The number of carbonyl (C=O) groups excluding carboxylic acids is 3. The van der Waals surface area contributed by atoms with Gasteiger partial charge in [-0.3, -0.25) is 14.4 Å². The molecule has 9 heteroatoms. The summed E-state index contributed by atoms with van der Waals surface area (Å²) in [4.78, 5) is 39.1. The minimum atomic E-state index is -0.626. The first-order chi connectivity index (χ1) is 15.9. The van der Waals surface area contributed by atoms with E-state index in [4.69, 9.17) is 9.47 Å². The standard InChI is InChI=1S/C24H26FN3O5/c1-26-22(29)12-15-8-9-19-21(33-15)13-32-20-10-7-14(11-17(20)24(31)28(19)2)27-23(30)16-5-3-4-6-18(16)25/h3-7,10-11,15,19,21H,8-9,12-13H2,1-2H3,(H,26,29)(H,27,30)/t15-,19+,21-/m0/s1. The lowest BCUT2D eigenvalue weighted by Crippen LogP contribution is -2.53. The number of hydrogen-bond acceptors (Lipinski definition) is 5. The summed E-state index contributed by atoms with van der Waals surface area (Å²) in [6.07, 6.45) is 0.998. The number of nitrogens with zero attached hydrogens (tertiary/aromatic N) is 1. The van der Waals surface area contributed by atoms with Gasteiger partial charge in [0.05, 0.1) is 29.7 Å². The van der Waals surface area contributed by atoms with Gasteiger partial charge in [-0.2, -0.15) is 0 Å². The van der Waals surface area contributed by atoms with Crippen molar-refractivity contribution in [1.29, 1.82) is 0 Å². The zero-order valence-electron chi connectivity index (χ0n) is 18.5. The zero-order valence-corrected chi connectivity index (χ0v) is 18.5. The van der Waals surface area contributed by atoms with Gasteiger partial charge in [0, 0.05) is 19.8 Å². The molecule has 0 unspecified atom stereocenters. The number of halogens is 1. The number of nitrogens with one attached hydrogen (secondary N) is 2. The number of likely N-dealkylation sites (N-methyl/N-ethyl adjacent to an activating group) is 1. The van der Waals surface area contributed by atoms with Crippen LogP contribution in [0.25, 0.3) is 0 Å².